The van der Waals surface area contributed by atoms with Crippen molar-refractivity contribution in [3.8, 4) is 0 Å². The fourth-order valence-electron chi connectivity index (χ4n) is 4.38. The van der Waals surface area contributed by atoms with Crippen LogP contribution in [0.25, 0.3) is 0 Å². The van der Waals surface area contributed by atoms with Gasteiger partial charge >= 0.3 is 5.97 Å². The Morgan fingerprint density at radius 1 is 0.857 bits per heavy atom. The highest BCUT2D eigenvalue weighted by Crippen LogP contribution is 2.29. The van der Waals surface area contributed by atoms with Crippen molar-refractivity contribution in [1.82, 2.24) is 5.32 Å². The van der Waals surface area contributed by atoms with Crippen molar-refractivity contribution >= 4 is 5.97 Å². The van der Waals surface area contributed by atoms with Gasteiger partial charge < -0.3 is 10.4 Å². The quantitative estimate of drug-likeness (QED) is 0.263. The lowest BCUT2D eigenvalue weighted by Gasteiger charge is -2.19. The number of nitrogens with one attached hydrogen (secondary N) is 1. The Morgan fingerprint density at radius 2 is 1.51 bits per heavy atom. The predicted octanol–water partition coefficient (Wildman–Crippen LogP) is 6.89. The summed E-state index contributed by atoms with van der Waals surface area (Å²) in [5.41, 5.74) is 6.76. The summed E-state index contributed by atoms with van der Waals surface area (Å²) in [7, 11) is 0. The number of carbonyl (C=O) groups is 1. The van der Waals surface area contributed by atoms with Gasteiger partial charge in [-0.15, -0.1) is 0 Å². The Balaban J connectivity index is 1.55. The SMILES string of the molecule is Cc1ccc(CC(CCCCc2ccc(CNCCC(=O)O)cc2)c2cc(F)cc(F)c2)cc1C. The molecule has 3 aromatic rings. The third-order valence-electron chi connectivity index (χ3n) is 6.55. The normalized spacial score (nSPS) is 12.0. The van der Waals surface area contributed by atoms with E-state index in [-0.39, 0.29) is 12.3 Å². The number of benzene rings is 3. The molecule has 1 unspecified atom stereocenters. The van der Waals surface area contributed by atoms with Gasteiger partial charge in [0.25, 0.3) is 0 Å². The zero-order chi connectivity index (χ0) is 25.2. The van der Waals surface area contributed by atoms with Crippen LogP contribution >= 0.6 is 0 Å². The van der Waals surface area contributed by atoms with Gasteiger partial charge in [0.15, 0.2) is 0 Å². The molecule has 0 bridgehead atoms. The van der Waals surface area contributed by atoms with E-state index in [1.807, 2.05) is 0 Å². The largest absolute Gasteiger partial charge is 0.481 e. The van der Waals surface area contributed by atoms with Crippen LogP contribution in [0.2, 0.25) is 0 Å². The van der Waals surface area contributed by atoms with Crippen LogP contribution in [-0.4, -0.2) is 17.6 Å². The molecule has 0 heterocycles. The maximum atomic E-state index is 13.9. The number of hydrogen-bond donors (Lipinski definition) is 2. The molecule has 0 saturated heterocycles. The van der Waals surface area contributed by atoms with E-state index < -0.39 is 17.6 Å². The van der Waals surface area contributed by atoms with E-state index in [0.29, 0.717) is 13.1 Å². The van der Waals surface area contributed by atoms with Crippen molar-refractivity contribution in [2.24, 2.45) is 0 Å². The third-order valence-corrected chi connectivity index (χ3v) is 6.55. The number of halogens is 2. The zero-order valence-electron chi connectivity index (χ0n) is 20.6. The van der Waals surface area contributed by atoms with E-state index in [4.69, 9.17) is 5.11 Å². The number of unbranched alkanes of at least 4 members (excludes halogenated alkanes) is 1. The highest BCUT2D eigenvalue weighted by atomic mass is 19.1. The van der Waals surface area contributed by atoms with Gasteiger partial charge in [-0.3, -0.25) is 4.79 Å². The number of hydrogen-bond acceptors (Lipinski definition) is 2. The van der Waals surface area contributed by atoms with Gasteiger partial charge in [-0.1, -0.05) is 48.9 Å². The Hall–Kier alpha value is -3.05. The van der Waals surface area contributed by atoms with Gasteiger partial charge in [0, 0.05) is 19.2 Å². The van der Waals surface area contributed by atoms with Crippen LogP contribution in [0.1, 0.15) is 65.0 Å². The van der Waals surface area contributed by atoms with Gasteiger partial charge in [0.1, 0.15) is 11.6 Å². The first-order chi connectivity index (χ1) is 16.8. The molecule has 2 N–H and O–H groups in total. The molecule has 3 nitrogen and oxygen atoms in total. The Morgan fingerprint density at radius 3 is 2.17 bits per heavy atom. The lowest BCUT2D eigenvalue weighted by molar-refractivity contribution is -0.136. The van der Waals surface area contributed by atoms with E-state index in [1.54, 1.807) is 0 Å². The van der Waals surface area contributed by atoms with Crippen molar-refractivity contribution in [2.45, 2.75) is 64.8 Å². The highest BCUT2D eigenvalue weighted by molar-refractivity contribution is 5.66. The molecule has 35 heavy (non-hydrogen) atoms. The molecule has 1 atom stereocenters. The summed E-state index contributed by atoms with van der Waals surface area (Å²) in [5, 5.41) is 11.8. The summed E-state index contributed by atoms with van der Waals surface area (Å²) in [6.45, 7) is 5.28. The third kappa shape index (κ3) is 8.91. The van der Waals surface area contributed by atoms with Crippen LogP contribution in [0.5, 0.6) is 0 Å². The molecule has 0 aliphatic rings. The first-order valence-electron chi connectivity index (χ1n) is 12.3. The molecule has 5 heteroatoms. The minimum Gasteiger partial charge on any atom is -0.481 e. The molecule has 3 aromatic carbocycles. The van der Waals surface area contributed by atoms with Crippen molar-refractivity contribution in [2.75, 3.05) is 6.54 Å². The Labute approximate surface area is 207 Å². The van der Waals surface area contributed by atoms with Crippen LogP contribution in [0.15, 0.2) is 60.7 Å². The zero-order valence-corrected chi connectivity index (χ0v) is 20.6. The first-order valence-corrected chi connectivity index (χ1v) is 12.3. The van der Waals surface area contributed by atoms with E-state index in [9.17, 15) is 13.6 Å². The van der Waals surface area contributed by atoms with Crippen LogP contribution in [0.4, 0.5) is 8.78 Å². The summed E-state index contributed by atoms with van der Waals surface area (Å²) in [5.74, 6) is -1.79. The number of rotatable bonds is 13. The highest BCUT2D eigenvalue weighted by Gasteiger charge is 2.15. The molecule has 3 rings (SSSR count). The smallest absolute Gasteiger partial charge is 0.304 e. The molecule has 0 aliphatic heterocycles. The average Bonchev–Trinajstić information content (AvgIpc) is 2.81. The maximum Gasteiger partial charge on any atom is 0.304 e. The Kier molecular flexibility index (Phi) is 9.98. The molecule has 0 aromatic heterocycles. The predicted molar refractivity (Wildman–Crippen MR) is 137 cm³/mol. The first kappa shape index (κ1) is 26.6. The van der Waals surface area contributed by atoms with Gasteiger partial charge in [-0.25, -0.2) is 8.78 Å². The molecule has 0 spiro atoms. The van der Waals surface area contributed by atoms with Gasteiger partial charge in [-0.2, -0.15) is 0 Å². The van der Waals surface area contributed by atoms with Gasteiger partial charge in [0.2, 0.25) is 0 Å². The summed E-state index contributed by atoms with van der Waals surface area (Å²) in [4.78, 5) is 10.6. The van der Waals surface area contributed by atoms with Gasteiger partial charge in [-0.05, 0) is 91.0 Å². The summed E-state index contributed by atoms with van der Waals surface area (Å²) in [6.07, 6.45) is 4.64. The number of aliphatic carboxylic acids is 1. The second-order valence-corrected chi connectivity index (χ2v) is 9.41. The van der Waals surface area contributed by atoms with E-state index >= 15 is 0 Å². The molecule has 0 aliphatic carbocycles. The summed E-state index contributed by atoms with van der Waals surface area (Å²) < 4.78 is 27.9. The average molecular weight is 480 g/mol. The number of carboxylic acids is 1. The molecule has 0 amide bonds. The van der Waals surface area contributed by atoms with Crippen molar-refractivity contribution in [3.05, 3.63) is 106 Å². The van der Waals surface area contributed by atoms with Crippen molar-refractivity contribution in [1.29, 1.82) is 0 Å². The van der Waals surface area contributed by atoms with E-state index in [2.05, 4.69) is 61.6 Å². The molecule has 0 saturated carbocycles. The molecule has 186 valence electrons. The molecular formula is C30H35F2NO2. The topological polar surface area (TPSA) is 49.3 Å². The Bertz CT molecular complexity index is 1090. The summed E-state index contributed by atoms with van der Waals surface area (Å²) in [6, 6.07) is 18.6. The molecular weight excluding hydrogens is 444 g/mol. The fraction of sp³-hybridized carbons (Fsp3) is 0.367. The van der Waals surface area contributed by atoms with Crippen molar-refractivity contribution < 1.29 is 18.7 Å². The molecule has 0 fully saturated rings. The van der Waals surface area contributed by atoms with Crippen LogP contribution in [-0.2, 0) is 24.2 Å². The lowest BCUT2D eigenvalue weighted by atomic mass is 9.86. The summed E-state index contributed by atoms with van der Waals surface area (Å²) >= 11 is 0. The van der Waals surface area contributed by atoms with E-state index in [0.717, 1.165) is 49.3 Å². The van der Waals surface area contributed by atoms with Crippen molar-refractivity contribution in [3.63, 3.8) is 0 Å². The van der Waals surface area contributed by atoms with Crippen LogP contribution in [0.3, 0.4) is 0 Å². The van der Waals surface area contributed by atoms with Gasteiger partial charge in [0.05, 0.1) is 6.42 Å². The minimum absolute atomic E-state index is 0.0570. The maximum absolute atomic E-state index is 13.9. The van der Waals surface area contributed by atoms with Crippen LogP contribution < -0.4 is 5.32 Å². The lowest BCUT2D eigenvalue weighted by Crippen LogP contribution is -2.17. The number of carboxylic acid groups (broad SMARTS) is 1. The molecule has 0 radical (unpaired) electrons. The van der Waals surface area contributed by atoms with Crippen LogP contribution in [0, 0.1) is 25.5 Å². The standard InChI is InChI=1S/C30H35F2NO2/c1-21-7-8-25(15-22(21)2)16-26(27-17-28(31)19-29(32)18-27)6-4-3-5-23-9-11-24(12-10-23)20-33-14-13-30(34)35/h7-12,15,17-19,26,33H,3-6,13-14,16,20H2,1-2H3,(H,34,35). The fourth-order valence-corrected chi connectivity index (χ4v) is 4.38. The second-order valence-electron chi connectivity index (χ2n) is 9.41. The minimum atomic E-state index is -0.799. The van der Waals surface area contributed by atoms with E-state index in [1.165, 1.54) is 34.4 Å². The monoisotopic (exact) mass is 479 g/mol. The number of aryl methyl sites for hydroxylation is 3. The second kappa shape index (κ2) is 13.1.